The highest BCUT2D eigenvalue weighted by atomic mass is 35.5. The number of carbonyl (C=O) groups excluding carboxylic acids is 1. The molecule has 1 unspecified atom stereocenters. The standard InChI is InChI=1S/C17H19ClN2OS/c1-20(10-12-8-9-22-11-12)17(21)19-16(13-2-3-13)14-4-6-15(18)7-5-14/h4-9,11,13,16H,2-3,10H2,1H3,(H,19,21). The number of rotatable bonds is 5. The maximum atomic E-state index is 12.4. The number of urea groups is 1. The summed E-state index contributed by atoms with van der Waals surface area (Å²) < 4.78 is 0. The molecule has 116 valence electrons. The number of nitrogens with zero attached hydrogens (tertiary/aromatic N) is 1. The summed E-state index contributed by atoms with van der Waals surface area (Å²) in [5, 5.41) is 8.00. The van der Waals surface area contributed by atoms with Crippen molar-refractivity contribution in [2.45, 2.75) is 25.4 Å². The van der Waals surface area contributed by atoms with E-state index in [0.29, 0.717) is 12.5 Å². The third-order valence-electron chi connectivity index (χ3n) is 3.95. The molecule has 1 N–H and O–H groups in total. The second kappa shape index (κ2) is 6.71. The first-order valence-electron chi connectivity index (χ1n) is 7.41. The van der Waals surface area contributed by atoms with Crippen molar-refractivity contribution in [3.63, 3.8) is 0 Å². The molecule has 0 radical (unpaired) electrons. The smallest absolute Gasteiger partial charge is 0.317 e. The fourth-order valence-corrected chi connectivity index (χ4v) is 3.33. The number of halogens is 1. The monoisotopic (exact) mass is 334 g/mol. The van der Waals surface area contributed by atoms with Gasteiger partial charge in [0.25, 0.3) is 0 Å². The summed E-state index contributed by atoms with van der Waals surface area (Å²) in [5.41, 5.74) is 2.29. The molecule has 1 aromatic carbocycles. The van der Waals surface area contributed by atoms with Gasteiger partial charge in [-0.15, -0.1) is 0 Å². The summed E-state index contributed by atoms with van der Waals surface area (Å²) in [6.07, 6.45) is 2.34. The number of benzene rings is 1. The van der Waals surface area contributed by atoms with Crippen LogP contribution in [0.5, 0.6) is 0 Å². The Balaban J connectivity index is 1.65. The minimum atomic E-state index is -0.0296. The van der Waals surface area contributed by atoms with Crippen LogP contribution >= 0.6 is 22.9 Å². The normalized spacial score (nSPS) is 15.4. The zero-order chi connectivity index (χ0) is 15.5. The summed E-state index contributed by atoms with van der Waals surface area (Å²) in [4.78, 5) is 14.2. The summed E-state index contributed by atoms with van der Waals surface area (Å²) in [7, 11) is 1.83. The fraction of sp³-hybridized carbons (Fsp3) is 0.353. The van der Waals surface area contributed by atoms with E-state index in [1.54, 1.807) is 16.2 Å². The molecule has 0 saturated heterocycles. The minimum absolute atomic E-state index is 0.0296. The Kier molecular flexibility index (Phi) is 4.69. The van der Waals surface area contributed by atoms with Crippen molar-refractivity contribution in [2.75, 3.05) is 7.05 Å². The van der Waals surface area contributed by atoms with Crippen LogP contribution in [0.25, 0.3) is 0 Å². The average Bonchev–Trinajstić information content (AvgIpc) is 3.23. The van der Waals surface area contributed by atoms with Crippen LogP contribution < -0.4 is 5.32 Å². The van der Waals surface area contributed by atoms with Gasteiger partial charge in [0.05, 0.1) is 6.04 Å². The molecule has 3 rings (SSSR count). The molecular weight excluding hydrogens is 316 g/mol. The molecule has 0 aliphatic heterocycles. The Labute approximate surface area is 139 Å². The number of thiophene rings is 1. The van der Waals surface area contributed by atoms with Crippen LogP contribution in [-0.2, 0) is 6.54 Å². The second-order valence-electron chi connectivity index (χ2n) is 5.80. The lowest BCUT2D eigenvalue weighted by Gasteiger charge is -2.24. The SMILES string of the molecule is CN(Cc1ccsc1)C(=O)NC(c1ccc(Cl)cc1)C1CC1. The van der Waals surface area contributed by atoms with E-state index in [9.17, 15) is 4.79 Å². The lowest BCUT2D eigenvalue weighted by molar-refractivity contribution is 0.201. The van der Waals surface area contributed by atoms with Crippen molar-refractivity contribution in [1.29, 1.82) is 0 Å². The van der Waals surface area contributed by atoms with E-state index in [-0.39, 0.29) is 12.1 Å². The van der Waals surface area contributed by atoms with Gasteiger partial charge in [-0.05, 0) is 58.8 Å². The first-order valence-corrected chi connectivity index (χ1v) is 8.74. The fourth-order valence-electron chi connectivity index (χ4n) is 2.54. The summed E-state index contributed by atoms with van der Waals surface area (Å²) >= 11 is 7.60. The molecule has 1 atom stereocenters. The Hall–Kier alpha value is -1.52. The van der Waals surface area contributed by atoms with Crippen molar-refractivity contribution in [2.24, 2.45) is 5.92 Å². The highest BCUT2D eigenvalue weighted by Crippen LogP contribution is 2.41. The van der Waals surface area contributed by atoms with Gasteiger partial charge in [0.15, 0.2) is 0 Å². The lowest BCUT2D eigenvalue weighted by atomic mass is 10.0. The molecular formula is C17H19ClN2OS. The molecule has 2 amide bonds. The van der Waals surface area contributed by atoms with Gasteiger partial charge < -0.3 is 10.2 Å². The highest BCUT2D eigenvalue weighted by Gasteiger charge is 2.33. The predicted molar refractivity (Wildman–Crippen MR) is 91.2 cm³/mol. The van der Waals surface area contributed by atoms with Crippen LogP contribution in [0.1, 0.15) is 30.0 Å². The molecule has 1 heterocycles. The topological polar surface area (TPSA) is 32.3 Å². The van der Waals surface area contributed by atoms with Crippen LogP contribution in [0.2, 0.25) is 5.02 Å². The maximum Gasteiger partial charge on any atom is 0.317 e. The van der Waals surface area contributed by atoms with Crippen LogP contribution in [0, 0.1) is 5.92 Å². The molecule has 1 aliphatic rings. The van der Waals surface area contributed by atoms with Gasteiger partial charge >= 0.3 is 6.03 Å². The molecule has 3 nitrogen and oxygen atoms in total. The third kappa shape index (κ3) is 3.81. The number of hydrogen-bond donors (Lipinski definition) is 1. The minimum Gasteiger partial charge on any atom is -0.331 e. The number of hydrogen-bond acceptors (Lipinski definition) is 2. The molecule has 5 heteroatoms. The Morgan fingerprint density at radius 3 is 2.68 bits per heavy atom. The quantitative estimate of drug-likeness (QED) is 0.845. The molecule has 0 spiro atoms. The van der Waals surface area contributed by atoms with Crippen LogP contribution in [-0.4, -0.2) is 18.0 Å². The van der Waals surface area contributed by atoms with E-state index in [2.05, 4.69) is 10.7 Å². The van der Waals surface area contributed by atoms with Crippen molar-refractivity contribution < 1.29 is 4.79 Å². The Morgan fingerprint density at radius 2 is 2.09 bits per heavy atom. The van der Waals surface area contributed by atoms with Gasteiger partial charge in [-0.2, -0.15) is 11.3 Å². The molecule has 1 saturated carbocycles. The number of nitrogens with one attached hydrogen (secondary N) is 1. The van der Waals surface area contributed by atoms with Gasteiger partial charge in [0.1, 0.15) is 0 Å². The largest absolute Gasteiger partial charge is 0.331 e. The number of carbonyl (C=O) groups is 1. The van der Waals surface area contributed by atoms with Gasteiger partial charge in [-0.3, -0.25) is 0 Å². The Morgan fingerprint density at radius 1 is 1.36 bits per heavy atom. The maximum absolute atomic E-state index is 12.4. The summed E-state index contributed by atoms with van der Waals surface area (Å²) in [6, 6.07) is 9.87. The summed E-state index contributed by atoms with van der Waals surface area (Å²) in [5.74, 6) is 0.541. The van der Waals surface area contributed by atoms with Crippen molar-refractivity contribution in [1.82, 2.24) is 10.2 Å². The third-order valence-corrected chi connectivity index (χ3v) is 4.93. The van der Waals surface area contributed by atoms with E-state index in [1.165, 1.54) is 12.8 Å². The van der Waals surface area contributed by atoms with E-state index < -0.39 is 0 Å². The van der Waals surface area contributed by atoms with E-state index in [1.807, 2.05) is 42.8 Å². The second-order valence-corrected chi connectivity index (χ2v) is 7.02. The highest BCUT2D eigenvalue weighted by molar-refractivity contribution is 7.07. The molecule has 0 bridgehead atoms. The van der Waals surface area contributed by atoms with E-state index >= 15 is 0 Å². The summed E-state index contributed by atoms with van der Waals surface area (Å²) in [6.45, 7) is 0.632. The van der Waals surface area contributed by atoms with Gasteiger partial charge in [0, 0.05) is 18.6 Å². The first kappa shape index (κ1) is 15.4. The van der Waals surface area contributed by atoms with Crippen LogP contribution in [0.3, 0.4) is 0 Å². The molecule has 1 fully saturated rings. The molecule has 1 aromatic heterocycles. The number of amides is 2. The van der Waals surface area contributed by atoms with Crippen molar-refractivity contribution >= 4 is 29.0 Å². The first-order chi connectivity index (χ1) is 10.6. The van der Waals surface area contributed by atoms with Crippen molar-refractivity contribution in [3.8, 4) is 0 Å². The van der Waals surface area contributed by atoms with Crippen molar-refractivity contribution in [3.05, 3.63) is 57.2 Å². The van der Waals surface area contributed by atoms with Gasteiger partial charge in [-0.25, -0.2) is 4.79 Å². The van der Waals surface area contributed by atoms with Crippen LogP contribution in [0.15, 0.2) is 41.1 Å². The van der Waals surface area contributed by atoms with Gasteiger partial charge in [0.2, 0.25) is 0 Å². The van der Waals surface area contributed by atoms with Crippen LogP contribution in [0.4, 0.5) is 4.79 Å². The zero-order valence-electron chi connectivity index (χ0n) is 12.5. The average molecular weight is 335 g/mol. The van der Waals surface area contributed by atoms with E-state index in [4.69, 9.17) is 11.6 Å². The molecule has 1 aliphatic carbocycles. The zero-order valence-corrected chi connectivity index (χ0v) is 14.0. The predicted octanol–water partition coefficient (Wildman–Crippen LogP) is 4.69. The molecule has 22 heavy (non-hydrogen) atoms. The lowest BCUT2D eigenvalue weighted by Crippen LogP contribution is -2.39. The molecule has 2 aromatic rings. The van der Waals surface area contributed by atoms with Gasteiger partial charge in [-0.1, -0.05) is 23.7 Å². The van der Waals surface area contributed by atoms with E-state index in [0.717, 1.165) is 16.1 Å². The Bertz CT molecular complexity index is 623.